The fourth-order valence-electron chi connectivity index (χ4n) is 3.96. The van der Waals surface area contributed by atoms with Crippen molar-refractivity contribution in [2.45, 2.75) is 69.0 Å². The molecule has 2 aliphatic carbocycles. The van der Waals surface area contributed by atoms with E-state index < -0.39 is 11.6 Å². The van der Waals surface area contributed by atoms with E-state index in [1.807, 2.05) is 0 Å². The van der Waals surface area contributed by atoms with Crippen LogP contribution in [0, 0.1) is 5.92 Å². The predicted molar refractivity (Wildman–Crippen MR) is 61.1 cm³/mol. The molecule has 3 atom stereocenters. The highest BCUT2D eigenvalue weighted by atomic mass is 16.9. The first-order valence-corrected chi connectivity index (χ1v) is 7.11. The minimum absolute atomic E-state index is 0.117. The quantitative estimate of drug-likeness (QED) is 0.665. The molecule has 0 amide bonds. The van der Waals surface area contributed by atoms with Crippen molar-refractivity contribution in [1.82, 2.24) is 5.48 Å². The number of hydroxylamine groups is 1. The summed E-state index contributed by atoms with van der Waals surface area (Å²) >= 11 is 0. The van der Waals surface area contributed by atoms with Crippen molar-refractivity contribution in [3.8, 4) is 0 Å². The van der Waals surface area contributed by atoms with Gasteiger partial charge in [-0.3, -0.25) is 9.57 Å². The first-order valence-electron chi connectivity index (χ1n) is 7.11. The molecule has 18 heavy (non-hydrogen) atoms. The number of carbonyl (C=O) groups excluding carboxylic acids is 1. The molecule has 5 heteroatoms. The zero-order valence-corrected chi connectivity index (χ0v) is 10.4. The summed E-state index contributed by atoms with van der Waals surface area (Å²) < 4.78 is 11.7. The molecule has 4 aliphatic rings. The highest BCUT2D eigenvalue weighted by Gasteiger charge is 2.68. The lowest BCUT2D eigenvalue weighted by atomic mass is 9.93. The van der Waals surface area contributed by atoms with Gasteiger partial charge in [0.25, 0.3) is 5.79 Å². The molecule has 1 unspecified atom stereocenters. The number of nitrogens with one attached hydrogen (secondary N) is 1. The zero-order valence-electron chi connectivity index (χ0n) is 10.4. The second-order valence-corrected chi connectivity index (χ2v) is 5.99. The van der Waals surface area contributed by atoms with Crippen molar-refractivity contribution < 1.29 is 19.1 Å². The maximum absolute atomic E-state index is 12.3. The second-order valence-electron chi connectivity index (χ2n) is 5.99. The standard InChI is InChI=1S/C13H19NO4/c15-11-13(9-5-4-6-10(9)14-18-13)17-12(16-11)7-2-1-3-8-12/h9-10,14H,1-8H2/t9-,10+,13?/m1/s1. The second kappa shape index (κ2) is 3.68. The Balaban J connectivity index is 1.64. The van der Waals surface area contributed by atoms with Crippen molar-refractivity contribution in [2.24, 2.45) is 5.92 Å². The van der Waals surface area contributed by atoms with Crippen molar-refractivity contribution in [3.63, 3.8) is 0 Å². The first kappa shape index (κ1) is 11.2. The van der Waals surface area contributed by atoms with E-state index in [1.54, 1.807) is 0 Å². The third-order valence-corrected chi connectivity index (χ3v) is 4.88. The van der Waals surface area contributed by atoms with Gasteiger partial charge in [-0.05, 0) is 25.7 Å². The smallest absolute Gasteiger partial charge is 0.371 e. The number of carbonyl (C=O) groups is 1. The lowest BCUT2D eigenvalue weighted by Crippen LogP contribution is -2.44. The van der Waals surface area contributed by atoms with Gasteiger partial charge in [-0.25, -0.2) is 4.79 Å². The Morgan fingerprint density at radius 1 is 1.11 bits per heavy atom. The van der Waals surface area contributed by atoms with Gasteiger partial charge < -0.3 is 4.74 Å². The minimum atomic E-state index is -1.15. The number of hydrogen-bond acceptors (Lipinski definition) is 5. The summed E-state index contributed by atoms with van der Waals surface area (Å²) in [6, 6.07) is 0.247. The van der Waals surface area contributed by atoms with E-state index in [0.29, 0.717) is 0 Å². The van der Waals surface area contributed by atoms with Gasteiger partial charge in [-0.2, -0.15) is 5.48 Å². The van der Waals surface area contributed by atoms with Crippen LogP contribution >= 0.6 is 0 Å². The predicted octanol–water partition coefficient (Wildman–Crippen LogP) is 1.62. The van der Waals surface area contributed by atoms with Crippen LogP contribution in [0.1, 0.15) is 51.4 Å². The average Bonchev–Trinajstić information content (AvgIpc) is 3.00. The molecule has 2 saturated carbocycles. The Bertz CT molecular complexity index is 379. The summed E-state index contributed by atoms with van der Waals surface area (Å²) in [4.78, 5) is 17.9. The minimum Gasteiger partial charge on any atom is -0.429 e. The van der Waals surface area contributed by atoms with Crippen molar-refractivity contribution in [1.29, 1.82) is 0 Å². The Morgan fingerprint density at radius 3 is 2.78 bits per heavy atom. The van der Waals surface area contributed by atoms with Crippen molar-refractivity contribution in [3.05, 3.63) is 0 Å². The van der Waals surface area contributed by atoms with Crippen LogP contribution in [0.4, 0.5) is 0 Å². The number of fused-ring (bicyclic) bond motifs is 2. The van der Waals surface area contributed by atoms with Crippen LogP contribution in [0.25, 0.3) is 0 Å². The highest BCUT2D eigenvalue weighted by Crippen LogP contribution is 2.51. The molecular weight excluding hydrogens is 234 g/mol. The molecule has 5 nitrogen and oxygen atoms in total. The molecule has 2 saturated heterocycles. The van der Waals surface area contributed by atoms with Gasteiger partial charge in [-0.1, -0.05) is 12.8 Å². The molecule has 2 spiro atoms. The molecule has 0 radical (unpaired) electrons. The van der Waals surface area contributed by atoms with Gasteiger partial charge in [0.1, 0.15) is 0 Å². The van der Waals surface area contributed by atoms with E-state index in [4.69, 9.17) is 14.3 Å². The van der Waals surface area contributed by atoms with Crippen LogP contribution in [-0.4, -0.2) is 23.6 Å². The van der Waals surface area contributed by atoms with Crippen LogP contribution in [0.5, 0.6) is 0 Å². The van der Waals surface area contributed by atoms with E-state index in [2.05, 4.69) is 5.48 Å². The van der Waals surface area contributed by atoms with Crippen LogP contribution in [0.2, 0.25) is 0 Å². The highest BCUT2D eigenvalue weighted by molar-refractivity contribution is 5.81. The van der Waals surface area contributed by atoms with Gasteiger partial charge in [0.05, 0.1) is 0 Å². The van der Waals surface area contributed by atoms with Crippen molar-refractivity contribution >= 4 is 5.97 Å². The Hall–Kier alpha value is -0.650. The molecule has 2 heterocycles. The van der Waals surface area contributed by atoms with Crippen LogP contribution in [0.3, 0.4) is 0 Å². The summed E-state index contributed by atoms with van der Waals surface area (Å²) in [5.41, 5.74) is 2.98. The Morgan fingerprint density at radius 2 is 1.94 bits per heavy atom. The molecule has 4 fully saturated rings. The molecule has 0 aromatic heterocycles. The maximum Gasteiger partial charge on any atom is 0.371 e. The normalized spacial score (nSPS) is 45.7. The fraction of sp³-hybridized carbons (Fsp3) is 0.923. The van der Waals surface area contributed by atoms with Gasteiger partial charge in [0.15, 0.2) is 0 Å². The number of ether oxygens (including phenoxy) is 2. The molecule has 4 rings (SSSR count). The molecule has 0 aromatic carbocycles. The average molecular weight is 253 g/mol. The van der Waals surface area contributed by atoms with E-state index in [0.717, 1.165) is 44.9 Å². The summed E-state index contributed by atoms with van der Waals surface area (Å²) in [7, 11) is 0. The van der Waals surface area contributed by atoms with Gasteiger partial charge >= 0.3 is 5.97 Å². The largest absolute Gasteiger partial charge is 0.429 e. The zero-order chi connectivity index (χ0) is 12.2. The van der Waals surface area contributed by atoms with Gasteiger partial charge in [0, 0.05) is 24.8 Å². The molecule has 1 N–H and O–H groups in total. The lowest BCUT2D eigenvalue weighted by Gasteiger charge is -2.32. The third kappa shape index (κ3) is 1.35. The number of rotatable bonds is 0. The Labute approximate surface area is 106 Å². The summed E-state index contributed by atoms with van der Waals surface area (Å²) in [6.07, 6.45) is 8.08. The summed E-state index contributed by atoms with van der Waals surface area (Å²) in [6.45, 7) is 0. The van der Waals surface area contributed by atoms with E-state index >= 15 is 0 Å². The van der Waals surface area contributed by atoms with E-state index in [9.17, 15) is 4.79 Å². The molecule has 0 bridgehead atoms. The molecule has 100 valence electrons. The molecular formula is C13H19NO4. The summed E-state index contributed by atoms with van der Waals surface area (Å²) in [5, 5.41) is 0. The third-order valence-electron chi connectivity index (χ3n) is 4.88. The molecule has 0 aromatic rings. The van der Waals surface area contributed by atoms with Crippen molar-refractivity contribution in [2.75, 3.05) is 0 Å². The van der Waals surface area contributed by atoms with Crippen LogP contribution < -0.4 is 5.48 Å². The Kier molecular flexibility index (Phi) is 2.29. The molecule has 2 aliphatic heterocycles. The maximum atomic E-state index is 12.3. The topological polar surface area (TPSA) is 56.8 Å². The van der Waals surface area contributed by atoms with E-state index in [1.165, 1.54) is 6.42 Å². The monoisotopic (exact) mass is 253 g/mol. The van der Waals surface area contributed by atoms with E-state index in [-0.39, 0.29) is 17.9 Å². The number of hydrogen-bond donors (Lipinski definition) is 1. The lowest BCUT2D eigenvalue weighted by molar-refractivity contribution is -0.282. The van der Waals surface area contributed by atoms with Gasteiger partial charge in [0.2, 0.25) is 5.79 Å². The fourth-order valence-corrected chi connectivity index (χ4v) is 3.96. The first-order chi connectivity index (χ1) is 8.74. The summed E-state index contributed by atoms with van der Waals surface area (Å²) in [5.74, 6) is -2.05. The number of esters is 1. The van der Waals surface area contributed by atoms with Crippen LogP contribution in [0.15, 0.2) is 0 Å². The SMILES string of the molecule is O=C1OC2(CCCCC2)OC12ON[C@H]1CCC[C@H]12. The van der Waals surface area contributed by atoms with Crippen LogP contribution in [-0.2, 0) is 19.1 Å². The van der Waals surface area contributed by atoms with Gasteiger partial charge in [-0.15, -0.1) is 0 Å².